The summed E-state index contributed by atoms with van der Waals surface area (Å²) in [5, 5.41) is 0. The second-order valence-electron chi connectivity index (χ2n) is 11.7. The normalized spacial score (nSPS) is 17.7. The van der Waals surface area contributed by atoms with Gasteiger partial charge in [0, 0.05) is 19.4 Å². The molecule has 2 rings (SSSR count). The van der Waals surface area contributed by atoms with E-state index >= 15 is 0 Å². The van der Waals surface area contributed by atoms with E-state index in [0.29, 0.717) is 26.2 Å². The van der Waals surface area contributed by atoms with E-state index in [0.717, 1.165) is 24.0 Å². The van der Waals surface area contributed by atoms with Crippen LogP contribution in [0, 0.1) is 0 Å². The molecule has 41 heavy (non-hydrogen) atoms. The maximum absolute atomic E-state index is 12.4. The minimum atomic E-state index is -0.791. The smallest absolute Gasteiger partial charge is 0.330 e. The van der Waals surface area contributed by atoms with E-state index in [2.05, 4.69) is 6.92 Å². The van der Waals surface area contributed by atoms with Gasteiger partial charge in [-0.3, -0.25) is 4.79 Å². The third-order valence-corrected chi connectivity index (χ3v) is 7.69. The van der Waals surface area contributed by atoms with Crippen LogP contribution in [-0.4, -0.2) is 44.0 Å². The lowest BCUT2D eigenvalue weighted by Gasteiger charge is -2.27. The molecular formula is C35H56O6. The molecule has 0 amide bonds. The SMILES string of the molecule is CCCCCCCCCCCCCCCCCCOC(=O)/C=C1/COC(COCc2ccccc2)(COC(C)=O)C1. The standard InChI is InChI=1S/C35H56O6/c1-3-4-5-6-7-8-9-10-11-12-13-14-15-16-17-21-24-39-34(37)25-33-26-35(41-28-33,30-40-31(2)36)29-38-27-32-22-19-18-20-23-32/h18-20,22-23,25H,3-17,21,24,26-30H2,1-2H3/b33-25+. The average molecular weight is 573 g/mol. The van der Waals surface area contributed by atoms with Crippen molar-refractivity contribution in [3.63, 3.8) is 0 Å². The maximum Gasteiger partial charge on any atom is 0.330 e. The molecule has 0 saturated carbocycles. The highest BCUT2D eigenvalue weighted by Gasteiger charge is 2.39. The summed E-state index contributed by atoms with van der Waals surface area (Å²) in [4.78, 5) is 23.8. The number of hydrogen-bond donors (Lipinski definition) is 0. The molecule has 1 aromatic carbocycles. The first kappa shape index (κ1) is 35.0. The Kier molecular flexibility index (Phi) is 19.2. The summed E-state index contributed by atoms with van der Waals surface area (Å²) in [7, 11) is 0. The first-order valence-corrected chi connectivity index (χ1v) is 16.3. The van der Waals surface area contributed by atoms with Crippen LogP contribution in [0.5, 0.6) is 0 Å². The lowest BCUT2D eigenvalue weighted by atomic mass is 9.99. The number of carbonyl (C=O) groups is 2. The predicted octanol–water partition coefficient (Wildman–Crippen LogP) is 8.66. The Balaban J connectivity index is 1.51. The zero-order valence-electron chi connectivity index (χ0n) is 26.0. The van der Waals surface area contributed by atoms with E-state index < -0.39 is 5.60 Å². The second-order valence-corrected chi connectivity index (χ2v) is 11.7. The van der Waals surface area contributed by atoms with E-state index in [1.165, 1.54) is 103 Å². The van der Waals surface area contributed by atoms with Gasteiger partial charge < -0.3 is 18.9 Å². The summed E-state index contributed by atoms with van der Waals surface area (Å²) in [6, 6.07) is 9.88. The molecule has 1 saturated heterocycles. The Morgan fingerprint density at radius 1 is 0.780 bits per heavy atom. The molecule has 6 heteroatoms. The lowest BCUT2D eigenvalue weighted by Crippen LogP contribution is -2.39. The Labute approximate surface area is 249 Å². The molecule has 0 N–H and O–H groups in total. The Morgan fingerprint density at radius 3 is 1.90 bits per heavy atom. The molecular weight excluding hydrogens is 516 g/mol. The van der Waals surface area contributed by atoms with Crippen LogP contribution >= 0.6 is 0 Å². The molecule has 1 atom stereocenters. The quantitative estimate of drug-likeness (QED) is 0.0701. The first-order valence-electron chi connectivity index (χ1n) is 16.3. The number of ether oxygens (including phenoxy) is 4. The van der Waals surface area contributed by atoms with Crippen molar-refractivity contribution in [2.75, 3.05) is 26.4 Å². The maximum atomic E-state index is 12.4. The summed E-state index contributed by atoms with van der Waals surface area (Å²) < 4.78 is 22.6. The number of benzene rings is 1. The van der Waals surface area contributed by atoms with Crippen molar-refractivity contribution < 1.29 is 28.5 Å². The molecule has 1 aromatic rings. The van der Waals surface area contributed by atoms with Gasteiger partial charge in [-0.2, -0.15) is 0 Å². The summed E-state index contributed by atoms with van der Waals surface area (Å²) in [6.45, 7) is 5.18. The van der Waals surface area contributed by atoms with Crippen LogP contribution in [0.3, 0.4) is 0 Å². The fraction of sp³-hybridized carbons (Fsp3) is 0.714. The first-order chi connectivity index (χ1) is 20.0. The number of unbranched alkanes of at least 4 members (excludes halogenated alkanes) is 15. The van der Waals surface area contributed by atoms with Crippen molar-refractivity contribution in [1.82, 2.24) is 0 Å². The van der Waals surface area contributed by atoms with E-state index in [1.54, 1.807) is 0 Å². The van der Waals surface area contributed by atoms with Gasteiger partial charge in [0.2, 0.25) is 0 Å². The molecule has 0 radical (unpaired) electrons. The highest BCUT2D eigenvalue weighted by Crippen LogP contribution is 2.31. The van der Waals surface area contributed by atoms with Crippen LogP contribution in [0.15, 0.2) is 42.0 Å². The van der Waals surface area contributed by atoms with Crippen molar-refractivity contribution in [2.24, 2.45) is 0 Å². The molecule has 0 bridgehead atoms. The summed E-state index contributed by atoms with van der Waals surface area (Å²) in [6.07, 6.45) is 23.1. The van der Waals surface area contributed by atoms with Crippen molar-refractivity contribution in [2.45, 2.75) is 135 Å². The van der Waals surface area contributed by atoms with Gasteiger partial charge in [-0.15, -0.1) is 0 Å². The zero-order chi connectivity index (χ0) is 29.4. The molecule has 0 aromatic heterocycles. The minimum absolute atomic E-state index is 0.0860. The molecule has 0 aliphatic carbocycles. The molecule has 1 aliphatic rings. The topological polar surface area (TPSA) is 71.1 Å². The van der Waals surface area contributed by atoms with Crippen molar-refractivity contribution in [3.8, 4) is 0 Å². The van der Waals surface area contributed by atoms with Crippen LogP contribution in [0.1, 0.15) is 129 Å². The summed E-state index contributed by atoms with van der Waals surface area (Å²) >= 11 is 0. The lowest BCUT2D eigenvalue weighted by molar-refractivity contribution is -0.155. The van der Waals surface area contributed by atoms with Crippen molar-refractivity contribution in [3.05, 3.63) is 47.5 Å². The van der Waals surface area contributed by atoms with Gasteiger partial charge in [0.15, 0.2) is 0 Å². The monoisotopic (exact) mass is 572 g/mol. The van der Waals surface area contributed by atoms with Gasteiger partial charge in [-0.05, 0) is 17.6 Å². The Hall–Kier alpha value is -2.18. The number of esters is 2. The predicted molar refractivity (Wildman–Crippen MR) is 165 cm³/mol. The highest BCUT2D eigenvalue weighted by atomic mass is 16.6. The van der Waals surface area contributed by atoms with E-state index in [1.807, 2.05) is 30.3 Å². The van der Waals surface area contributed by atoms with Crippen LogP contribution < -0.4 is 0 Å². The van der Waals surface area contributed by atoms with Crippen LogP contribution in [0.2, 0.25) is 0 Å². The van der Waals surface area contributed by atoms with Crippen molar-refractivity contribution in [1.29, 1.82) is 0 Å². The fourth-order valence-electron chi connectivity index (χ4n) is 5.27. The molecule has 6 nitrogen and oxygen atoms in total. The molecule has 232 valence electrons. The van der Waals surface area contributed by atoms with Crippen LogP contribution in [-0.2, 0) is 35.1 Å². The van der Waals surface area contributed by atoms with E-state index in [-0.39, 0.29) is 25.2 Å². The van der Waals surface area contributed by atoms with Gasteiger partial charge in [0.25, 0.3) is 0 Å². The minimum Gasteiger partial charge on any atom is -0.463 e. The third kappa shape index (κ3) is 17.4. The van der Waals surface area contributed by atoms with Gasteiger partial charge in [-0.1, -0.05) is 134 Å². The van der Waals surface area contributed by atoms with Gasteiger partial charge in [0.05, 0.1) is 26.4 Å². The van der Waals surface area contributed by atoms with Crippen LogP contribution in [0.25, 0.3) is 0 Å². The van der Waals surface area contributed by atoms with Gasteiger partial charge >= 0.3 is 11.9 Å². The van der Waals surface area contributed by atoms with E-state index in [9.17, 15) is 9.59 Å². The Morgan fingerprint density at radius 2 is 1.34 bits per heavy atom. The molecule has 1 fully saturated rings. The Bertz CT molecular complexity index is 851. The van der Waals surface area contributed by atoms with Gasteiger partial charge in [-0.25, -0.2) is 4.79 Å². The highest BCUT2D eigenvalue weighted by molar-refractivity contribution is 5.83. The van der Waals surface area contributed by atoms with Gasteiger partial charge in [0.1, 0.15) is 12.2 Å². The fourth-order valence-corrected chi connectivity index (χ4v) is 5.27. The largest absolute Gasteiger partial charge is 0.463 e. The van der Waals surface area contributed by atoms with Crippen LogP contribution in [0.4, 0.5) is 0 Å². The second kappa shape index (κ2) is 22.4. The zero-order valence-corrected chi connectivity index (χ0v) is 26.0. The molecule has 1 unspecified atom stereocenters. The van der Waals surface area contributed by atoms with E-state index in [4.69, 9.17) is 18.9 Å². The molecule has 1 aliphatic heterocycles. The number of rotatable bonds is 24. The number of hydrogen-bond acceptors (Lipinski definition) is 6. The number of carbonyl (C=O) groups excluding carboxylic acids is 2. The summed E-state index contributed by atoms with van der Waals surface area (Å²) in [5.41, 5.74) is 1.10. The van der Waals surface area contributed by atoms with Crippen molar-refractivity contribution >= 4 is 11.9 Å². The molecule has 1 heterocycles. The average Bonchev–Trinajstić information content (AvgIpc) is 3.36. The summed E-state index contributed by atoms with van der Waals surface area (Å²) in [5.74, 6) is -0.704. The molecule has 0 spiro atoms. The third-order valence-electron chi connectivity index (χ3n) is 7.69.